The molecule has 1 saturated carbocycles. The molecule has 0 aliphatic heterocycles. The molecule has 1 aliphatic carbocycles. The van der Waals surface area contributed by atoms with Crippen molar-refractivity contribution in [1.82, 2.24) is 30.3 Å². The van der Waals surface area contributed by atoms with Crippen LogP contribution >= 0.6 is 0 Å². The summed E-state index contributed by atoms with van der Waals surface area (Å²) < 4.78 is 16.6. The van der Waals surface area contributed by atoms with Crippen molar-refractivity contribution in [3.05, 3.63) is 72.7 Å². The lowest BCUT2D eigenvalue weighted by Crippen LogP contribution is -2.49. The summed E-state index contributed by atoms with van der Waals surface area (Å²) in [5, 5.41) is 16.7. The number of aromatic amines is 1. The van der Waals surface area contributed by atoms with Gasteiger partial charge in [0.25, 0.3) is 5.91 Å². The van der Waals surface area contributed by atoms with Crippen LogP contribution in [0, 0.1) is 25.6 Å². The number of nitrogens with zero attached hydrogens (tertiary/aromatic N) is 4. The summed E-state index contributed by atoms with van der Waals surface area (Å²) in [6, 6.07) is 1.63. The molecule has 3 heterocycles. The molecule has 0 saturated heterocycles. The number of nitrogens with one attached hydrogen (secondary N) is 3. The maximum absolute atomic E-state index is 15.1. The van der Waals surface area contributed by atoms with Crippen molar-refractivity contribution in [2.45, 2.75) is 58.0 Å². The maximum Gasteiger partial charge on any atom is 0.270 e. The Morgan fingerprint density at radius 3 is 2.57 bits per heavy atom. The van der Waals surface area contributed by atoms with Gasteiger partial charge in [0.05, 0.1) is 29.3 Å². The number of pyridine rings is 1. The highest BCUT2D eigenvalue weighted by atomic mass is 19.1. The number of aryl methyl sites for hydroxylation is 2. The van der Waals surface area contributed by atoms with Gasteiger partial charge >= 0.3 is 0 Å². The van der Waals surface area contributed by atoms with Gasteiger partial charge in [-0.25, -0.2) is 9.07 Å². The highest BCUT2D eigenvalue weighted by Gasteiger charge is 2.32. The molecule has 4 rings (SSSR count). The molecule has 0 radical (unpaired) electrons. The molecule has 1 atom stereocenters. The van der Waals surface area contributed by atoms with Gasteiger partial charge in [0.1, 0.15) is 17.6 Å². The van der Waals surface area contributed by atoms with Crippen LogP contribution in [-0.4, -0.2) is 42.8 Å². The van der Waals surface area contributed by atoms with Crippen LogP contribution in [-0.2, 0) is 4.79 Å². The molecule has 3 aromatic heterocycles. The quantitative estimate of drug-likeness (QED) is 0.366. The van der Waals surface area contributed by atoms with Crippen LogP contribution in [0.25, 0.3) is 11.3 Å². The lowest BCUT2D eigenvalue weighted by atomic mass is 9.83. The van der Waals surface area contributed by atoms with Crippen molar-refractivity contribution in [3.8, 4) is 11.3 Å². The number of hydrogen-bond acceptors (Lipinski definition) is 5. The van der Waals surface area contributed by atoms with E-state index in [2.05, 4.69) is 44.1 Å². The Kier molecular flexibility index (Phi) is 7.95. The van der Waals surface area contributed by atoms with E-state index in [-0.39, 0.29) is 23.3 Å². The molecule has 0 unspecified atom stereocenters. The second-order valence-electron chi connectivity index (χ2n) is 9.32. The van der Waals surface area contributed by atoms with Crippen molar-refractivity contribution in [2.75, 3.05) is 5.32 Å². The number of hydrogen-bond donors (Lipinski definition) is 3. The van der Waals surface area contributed by atoms with Crippen molar-refractivity contribution in [2.24, 2.45) is 5.92 Å². The molecule has 10 heteroatoms. The Bertz CT molecular complexity index is 1280. The van der Waals surface area contributed by atoms with Gasteiger partial charge in [-0.05, 0) is 38.7 Å². The van der Waals surface area contributed by atoms with Crippen LogP contribution in [0.3, 0.4) is 0 Å². The normalized spacial score (nSPS) is 14.8. The molecule has 194 valence electrons. The standard InChI is InChI=1S/C27H32FN7O2/c1-5-19(6-2)35-23(12-13-30-35)26(36)32-25(18-10-8-7-9-11-18)27(37)31-22-15-29-21(14-20(22)28)24-16(3)33-34-17(24)4/h5-6,12-15,18-19,25H,1-2,7-11H2,3-4H3,(H,31,37)(H,32,36)(H,33,34)/t25-/m0/s1. The molecule has 0 bridgehead atoms. The van der Waals surface area contributed by atoms with Crippen LogP contribution in [0.2, 0.25) is 0 Å². The van der Waals surface area contributed by atoms with Gasteiger partial charge in [0.15, 0.2) is 0 Å². The van der Waals surface area contributed by atoms with E-state index in [9.17, 15) is 9.59 Å². The number of halogens is 1. The third-order valence-corrected chi connectivity index (χ3v) is 6.85. The molecule has 0 spiro atoms. The minimum atomic E-state index is -0.848. The predicted molar refractivity (Wildman–Crippen MR) is 139 cm³/mol. The summed E-state index contributed by atoms with van der Waals surface area (Å²) in [4.78, 5) is 31.0. The summed E-state index contributed by atoms with van der Waals surface area (Å²) in [6.07, 6.45) is 10.6. The Hall–Kier alpha value is -4.08. The number of aromatic nitrogens is 5. The number of allylic oxidation sites excluding steroid dienone is 2. The van der Waals surface area contributed by atoms with Crippen LogP contribution in [0.1, 0.15) is 60.0 Å². The van der Waals surface area contributed by atoms with E-state index >= 15 is 4.39 Å². The fourth-order valence-corrected chi connectivity index (χ4v) is 4.91. The zero-order chi connectivity index (χ0) is 26.5. The van der Waals surface area contributed by atoms with Crippen molar-refractivity contribution in [1.29, 1.82) is 0 Å². The average molecular weight is 506 g/mol. The van der Waals surface area contributed by atoms with Gasteiger partial charge in [-0.15, -0.1) is 13.2 Å². The van der Waals surface area contributed by atoms with Crippen molar-refractivity contribution >= 4 is 17.5 Å². The Balaban J connectivity index is 1.56. The summed E-state index contributed by atoms with van der Waals surface area (Å²) >= 11 is 0. The van der Waals surface area contributed by atoms with Gasteiger partial charge in [0.2, 0.25) is 5.91 Å². The minimum Gasteiger partial charge on any atom is -0.339 e. The molecular formula is C27H32FN7O2. The van der Waals surface area contributed by atoms with Crippen LogP contribution < -0.4 is 10.6 Å². The van der Waals surface area contributed by atoms with E-state index < -0.39 is 23.7 Å². The summed E-state index contributed by atoms with van der Waals surface area (Å²) in [5.41, 5.74) is 2.85. The third kappa shape index (κ3) is 5.52. The number of carbonyl (C=O) groups is 2. The number of anilines is 1. The van der Waals surface area contributed by atoms with Crippen LogP contribution in [0.5, 0.6) is 0 Å². The number of H-pyrrole nitrogens is 1. The molecule has 2 amide bonds. The Morgan fingerprint density at radius 1 is 1.22 bits per heavy atom. The summed E-state index contributed by atoms with van der Waals surface area (Å²) in [6.45, 7) is 11.2. The maximum atomic E-state index is 15.1. The van der Waals surface area contributed by atoms with E-state index in [1.165, 1.54) is 23.1 Å². The topological polar surface area (TPSA) is 118 Å². The highest BCUT2D eigenvalue weighted by molar-refractivity contribution is 6.00. The first-order chi connectivity index (χ1) is 17.8. The fourth-order valence-electron chi connectivity index (χ4n) is 4.91. The van der Waals surface area contributed by atoms with Gasteiger partial charge in [-0.2, -0.15) is 10.2 Å². The first-order valence-electron chi connectivity index (χ1n) is 12.4. The second-order valence-corrected chi connectivity index (χ2v) is 9.32. The summed E-state index contributed by atoms with van der Waals surface area (Å²) in [7, 11) is 0. The van der Waals surface area contributed by atoms with Crippen molar-refractivity contribution < 1.29 is 14.0 Å². The van der Waals surface area contributed by atoms with E-state index in [4.69, 9.17) is 0 Å². The number of rotatable bonds is 9. The molecular weight excluding hydrogens is 473 g/mol. The first-order valence-corrected chi connectivity index (χ1v) is 12.4. The predicted octanol–water partition coefficient (Wildman–Crippen LogP) is 4.65. The highest BCUT2D eigenvalue weighted by Crippen LogP contribution is 2.29. The van der Waals surface area contributed by atoms with E-state index in [0.717, 1.165) is 43.4 Å². The third-order valence-electron chi connectivity index (χ3n) is 6.85. The lowest BCUT2D eigenvalue weighted by Gasteiger charge is -2.30. The Labute approximate surface area is 215 Å². The molecule has 3 aromatic rings. The molecule has 9 nitrogen and oxygen atoms in total. The van der Waals surface area contributed by atoms with E-state index in [0.29, 0.717) is 11.4 Å². The molecule has 37 heavy (non-hydrogen) atoms. The molecule has 1 fully saturated rings. The number of amides is 2. The van der Waals surface area contributed by atoms with Gasteiger partial charge in [-0.3, -0.25) is 19.7 Å². The van der Waals surface area contributed by atoms with Crippen LogP contribution in [0.4, 0.5) is 10.1 Å². The zero-order valence-corrected chi connectivity index (χ0v) is 21.1. The Morgan fingerprint density at radius 2 is 1.95 bits per heavy atom. The fraction of sp³-hybridized carbons (Fsp3) is 0.370. The average Bonchev–Trinajstić information content (AvgIpc) is 3.51. The SMILES string of the molecule is C=CC(C=C)n1nccc1C(=O)N[C@H](C(=O)Nc1cnc(-c2c(C)n[nH]c2C)cc1F)C1CCCCC1. The lowest BCUT2D eigenvalue weighted by molar-refractivity contribution is -0.119. The van der Waals surface area contributed by atoms with Gasteiger partial charge in [0, 0.05) is 23.5 Å². The minimum absolute atomic E-state index is 0.0500. The van der Waals surface area contributed by atoms with E-state index in [1.807, 2.05) is 13.8 Å². The van der Waals surface area contributed by atoms with Crippen LogP contribution in [0.15, 0.2) is 49.8 Å². The first kappa shape index (κ1) is 26.0. The number of carbonyl (C=O) groups excluding carboxylic acids is 2. The summed E-state index contributed by atoms with van der Waals surface area (Å²) in [5.74, 6) is -1.63. The smallest absolute Gasteiger partial charge is 0.270 e. The van der Waals surface area contributed by atoms with Gasteiger partial charge in [-0.1, -0.05) is 31.4 Å². The molecule has 1 aliphatic rings. The molecule has 3 N–H and O–H groups in total. The second kappa shape index (κ2) is 11.3. The molecule has 0 aromatic carbocycles. The zero-order valence-electron chi connectivity index (χ0n) is 21.1. The van der Waals surface area contributed by atoms with Gasteiger partial charge < -0.3 is 10.6 Å². The van der Waals surface area contributed by atoms with Crippen molar-refractivity contribution in [3.63, 3.8) is 0 Å². The van der Waals surface area contributed by atoms with E-state index in [1.54, 1.807) is 18.2 Å². The largest absolute Gasteiger partial charge is 0.339 e. The monoisotopic (exact) mass is 505 g/mol.